The first-order valence-corrected chi connectivity index (χ1v) is 14.7. The number of methoxy groups -OCH3 is 1. The van der Waals surface area contributed by atoms with Crippen LogP contribution in [-0.2, 0) is 27.1 Å². The maximum absolute atomic E-state index is 13.7. The predicted octanol–water partition coefficient (Wildman–Crippen LogP) is 6.12. The number of aryl methyl sites for hydroxylation is 1. The molecular weight excluding hydrogens is 540 g/mol. The van der Waals surface area contributed by atoms with Crippen LogP contribution in [0.5, 0.6) is 0 Å². The van der Waals surface area contributed by atoms with Gasteiger partial charge in [-0.1, -0.05) is 84.9 Å². The maximum Gasteiger partial charge on any atom is 0.407 e. The number of carbonyl (C=O) groups is 3. The number of rotatable bonds is 8. The number of alkyl carbamates (subject to hydrolysis) is 1. The average Bonchev–Trinajstić information content (AvgIpc) is 3.37. The van der Waals surface area contributed by atoms with Crippen molar-refractivity contribution in [1.29, 1.82) is 0 Å². The third kappa shape index (κ3) is 6.02. The third-order valence-corrected chi connectivity index (χ3v) is 8.45. The SMILES string of the molecule is COC(=O)c1ccc(C[C@H](NC(=O)OCC2c3ccccc3-c3ccccc32)C(=O)N[C@@H]2CCCc3ccccc32)cc1. The van der Waals surface area contributed by atoms with Gasteiger partial charge in [0.25, 0.3) is 0 Å². The van der Waals surface area contributed by atoms with Crippen LogP contribution in [0.25, 0.3) is 11.1 Å². The highest BCUT2D eigenvalue weighted by atomic mass is 16.5. The summed E-state index contributed by atoms with van der Waals surface area (Å²) in [6, 6.07) is 30.3. The zero-order valence-electron chi connectivity index (χ0n) is 24.0. The number of amides is 2. The summed E-state index contributed by atoms with van der Waals surface area (Å²) in [5.41, 5.74) is 8.08. The quantitative estimate of drug-likeness (QED) is 0.248. The lowest BCUT2D eigenvalue weighted by atomic mass is 9.87. The van der Waals surface area contributed by atoms with Gasteiger partial charge in [0.2, 0.25) is 5.91 Å². The van der Waals surface area contributed by atoms with Crippen LogP contribution in [0, 0.1) is 0 Å². The Kier molecular flexibility index (Phi) is 8.22. The normalized spacial score (nSPS) is 15.8. The zero-order valence-corrected chi connectivity index (χ0v) is 24.0. The van der Waals surface area contributed by atoms with Crippen molar-refractivity contribution in [3.05, 3.63) is 130 Å². The first kappa shape index (κ1) is 28.2. The van der Waals surface area contributed by atoms with Gasteiger partial charge in [-0.2, -0.15) is 0 Å². The summed E-state index contributed by atoms with van der Waals surface area (Å²) in [6.45, 7) is 0.151. The van der Waals surface area contributed by atoms with E-state index in [0.717, 1.165) is 52.6 Å². The monoisotopic (exact) mass is 574 g/mol. The number of benzene rings is 4. The van der Waals surface area contributed by atoms with Gasteiger partial charge >= 0.3 is 12.1 Å². The summed E-state index contributed by atoms with van der Waals surface area (Å²) in [4.78, 5) is 38.8. The molecular formula is C36H34N2O5. The van der Waals surface area contributed by atoms with E-state index in [1.807, 2.05) is 36.4 Å². The largest absolute Gasteiger partial charge is 0.465 e. The van der Waals surface area contributed by atoms with E-state index < -0.39 is 18.1 Å². The molecule has 4 aromatic carbocycles. The molecule has 0 fully saturated rings. The summed E-state index contributed by atoms with van der Waals surface area (Å²) in [5, 5.41) is 6.01. The summed E-state index contributed by atoms with van der Waals surface area (Å²) in [7, 11) is 1.33. The van der Waals surface area contributed by atoms with E-state index in [0.29, 0.717) is 5.56 Å². The van der Waals surface area contributed by atoms with Crippen LogP contribution < -0.4 is 10.6 Å². The summed E-state index contributed by atoms with van der Waals surface area (Å²) < 4.78 is 10.6. The fraction of sp³-hybridized carbons (Fsp3) is 0.250. The highest BCUT2D eigenvalue weighted by Crippen LogP contribution is 2.44. The molecule has 2 aliphatic carbocycles. The molecule has 0 spiro atoms. The standard InChI is InChI=1S/C36H34N2O5/c1-42-35(40)25-19-17-23(18-20-25)21-33(34(39)37-32-16-8-10-24-9-2-3-11-26(24)32)38-36(41)43-22-31-29-14-6-4-12-27(29)28-13-5-7-15-30(28)31/h2-7,9,11-15,17-20,31-33H,8,10,16,21-22H2,1H3,(H,37,39)(H,38,41)/t32-,33+/m1/s1. The van der Waals surface area contributed by atoms with Crippen LogP contribution in [-0.4, -0.2) is 37.7 Å². The van der Waals surface area contributed by atoms with Crippen molar-refractivity contribution in [3.63, 3.8) is 0 Å². The Morgan fingerprint density at radius 3 is 2.12 bits per heavy atom. The Labute approximate surface area is 251 Å². The minimum atomic E-state index is -0.881. The third-order valence-electron chi connectivity index (χ3n) is 8.45. The fourth-order valence-electron chi connectivity index (χ4n) is 6.30. The first-order valence-electron chi connectivity index (χ1n) is 14.7. The molecule has 0 saturated carbocycles. The molecule has 218 valence electrons. The number of nitrogens with one attached hydrogen (secondary N) is 2. The van der Waals surface area contributed by atoms with E-state index >= 15 is 0 Å². The molecule has 7 heteroatoms. The molecule has 0 saturated heterocycles. The number of hydrogen-bond acceptors (Lipinski definition) is 5. The van der Waals surface area contributed by atoms with E-state index in [1.165, 1.54) is 12.7 Å². The van der Waals surface area contributed by atoms with Gasteiger partial charge in [-0.25, -0.2) is 9.59 Å². The number of carbonyl (C=O) groups excluding carboxylic acids is 3. The number of ether oxygens (including phenoxy) is 2. The second-order valence-electron chi connectivity index (χ2n) is 11.1. The smallest absolute Gasteiger partial charge is 0.407 e. The summed E-state index contributed by atoms with van der Waals surface area (Å²) >= 11 is 0. The molecule has 0 aliphatic heterocycles. The van der Waals surface area contributed by atoms with Crippen LogP contribution in [0.3, 0.4) is 0 Å². The highest BCUT2D eigenvalue weighted by Gasteiger charge is 2.31. The number of esters is 1. The van der Waals surface area contributed by atoms with Gasteiger partial charge in [0, 0.05) is 12.3 Å². The predicted molar refractivity (Wildman–Crippen MR) is 164 cm³/mol. The van der Waals surface area contributed by atoms with Crippen molar-refractivity contribution in [2.45, 2.75) is 43.7 Å². The number of fused-ring (bicyclic) bond motifs is 4. The summed E-state index contributed by atoms with van der Waals surface area (Å²) in [6.07, 6.45) is 2.36. The fourth-order valence-corrected chi connectivity index (χ4v) is 6.30. The second kappa shape index (κ2) is 12.5. The van der Waals surface area contributed by atoms with Crippen LogP contribution >= 0.6 is 0 Å². The van der Waals surface area contributed by atoms with E-state index in [2.05, 4.69) is 47.0 Å². The van der Waals surface area contributed by atoms with Gasteiger partial charge in [-0.15, -0.1) is 0 Å². The van der Waals surface area contributed by atoms with Crippen molar-refractivity contribution >= 4 is 18.0 Å². The van der Waals surface area contributed by atoms with Crippen molar-refractivity contribution in [2.75, 3.05) is 13.7 Å². The molecule has 0 radical (unpaired) electrons. The molecule has 7 nitrogen and oxygen atoms in total. The zero-order chi connectivity index (χ0) is 29.8. The van der Waals surface area contributed by atoms with Crippen LogP contribution in [0.1, 0.15) is 63.0 Å². The molecule has 4 aromatic rings. The molecule has 43 heavy (non-hydrogen) atoms. The van der Waals surface area contributed by atoms with E-state index in [9.17, 15) is 14.4 Å². The van der Waals surface area contributed by atoms with Gasteiger partial charge in [-0.3, -0.25) is 4.79 Å². The Morgan fingerprint density at radius 1 is 0.814 bits per heavy atom. The Morgan fingerprint density at radius 2 is 1.44 bits per heavy atom. The molecule has 2 amide bonds. The van der Waals surface area contributed by atoms with Crippen molar-refractivity contribution in [3.8, 4) is 11.1 Å². The molecule has 2 atom stereocenters. The van der Waals surface area contributed by atoms with Crippen molar-refractivity contribution in [1.82, 2.24) is 10.6 Å². The minimum Gasteiger partial charge on any atom is -0.465 e. The molecule has 0 heterocycles. The molecule has 0 unspecified atom stereocenters. The van der Waals surface area contributed by atoms with E-state index in [4.69, 9.17) is 9.47 Å². The van der Waals surface area contributed by atoms with Crippen LogP contribution in [0.2, 0.25) is 0 Å². The van der Waals surface area contributed by atoms with Gasteiger partial charge in [0.1, 0.15) is 12.6 Å². The van der Waals surface area contributed by atoms with Crippen molar-refractivity contribution in [2.24, 2.45) is 0 Å². The number of hydrogen-bond donors (Lipinski definition) is 2. The maximum atomic E-state index is 13.7. The second-order valence-corrected chi connectivity index (χ2v) is 11.1. The first-order chi connectivity index (χ1) is 21.0. The molecule has 0 bridgehead atoms. The topological polar surface area (TPSA) is 93.7 Å². The lowest BCUT2D eigenvalue weighted by Gasteiger charge is -2.28. The molecule has 0 aromatic heterocycles. The average molecular weight is 575 g/mol. The molecule has 2 N–H and O–H groups in total. The molecule has 6 rings (SSSR count). The summed E-state index contributed by atoms with van der Waals surface area (Å²) in [5.74, 6) is -0.809. The van der Waals surface area contributed by atoms with Gasteiger partial charge in [0.15, 0.2) is 0 Å². The Hall–Kier alpha value is -4.91. The van der Waals surface area contributed by atoms with Crippen LogP contribution in [0.4, 0.5) is 4.79 Å². The lowest BCUT2D eigenvalue weighted by molar-refractivity contribution is -0.123. The van der Waals surface area contributed by atoms with Gasteiger partial charge in [-0.05, 0) is 70.3 Å². The van der Waals surface area contributed by atoms with Gasteiger partial charge < -0.3 is 20.1 Å². The Bertz CT molecular complexity index is 1600. The van der Waals surface area contributed by atoms with Crippen LogP contribution in [0.15, 0.2) is 97.1 Å². The minimum absolute atomic E-state index is 0.0879. The van der Waals surface area contributed by atoms with Crippen molar-refractivity contribution < 1.29 is 23.9 Å². The van der Waals surface area contributed by atoms with E-state index in [1.54, 1.807) is 24.3 Å². The Balaban J connectivity index is 1.18. The van der Waals surface area contributed by atoms with Gasteiger partial charge in [0.05, 0.1) is 18.7 Å². The molecule has 2 aliphatic rings. The lowest BCUT2D eigenvalue weighted by Crippen LogP contribution is -2.49. The highest BCUT2D eigenvalue weighted by molar-refractivity contribution is 5.89. The van der Waals surface area contributed by atoms with E-state index in [-0.39, 0.29) is 30.9 Å².